The normalized spacial score (nSPS) is 10.9. The minimum absolute atomic E-state index is 0.0173. The van der Waals surface area contributed by atoms with Crippen molar-refractivity contribution in [2.75, 3.05) is 17.6 Å². The van der Waals surface area contributed by atoms with Crippen LogP contribution in [0, 0.1) is 0 Å². The van der Waals surface area contributed by atoms with Gasteiger partial charge in [-0.1, -0.05) is 6.08 Å². The molecule has 0 unspecified atom stereocenters. The number of aromatic nitrogens is 3. The summed E-state index contributed by atoms with van der Waals surface area (Å²) in [5.41, 5.74) is 0. The van der Waals surface area contributed by atoms with Crippen LogP contribution >= 0.6 is 0 Å². The molecule has 0 bridgehead atoms. The molecule has 14 heavy (non-hydrogen) atoms. The van der Waals surface area contributed by atoms with Gasteiger partial charge in [-0.25, -0.2) is 13.5 Å². The molecule has 2 N–H and O–H groups in total. The topological polar surface area (TPSA) is 97.0 Å². The second kappa shape index (κ2) is 4.09. The first-order chi connectivity index (χ1) is 6.57. The van der Waals surface area contributed by atoms with E-state index in [0.717, 1.165) is 0 Å². The van der Waals surface area contributed by atoms with E-state index in [1.54, 1.807) is 0 Å². The first kappa shape index (κ1) is 10.5. The number of rotatable bonds is 5. The molecule has 0 aliphatic rings. The van der Waals surface area contributed by atoms with Crippen molar-refractivity contribution in [3.63, 3.8) is 0 Å². The molecule has 8 heteroatoms. The SMILES string of the molecule is C=CCS(=O)(=O)Nc1nc(OC)n[nH]1. The molecule has 0 aromatic carbocycles. The summed E-state index contributed by atoms with van der Waals surface area (Å²) in [6.07, 6.45) is 1.27. The molecule has 0 fully saturated rings. The van der Waals surface area contributed by atoms with Crippen molar-refractivity contribution >= 4 is 16.0 Å². The van der Waals surface area contributed by atoms with Gasteiger partial charge in [0.15, 0.2) is 0 Å². The van der Waals surface area contributed by atoms with Crippen molar-refractivity contribution in [2.24, 2.45) is 0 Å². The molecule has 0 spiro atoms. The van der Waals surface area contributed by atoms with E-state index in [-0.39, 0.29) is 17.7 Å². The van der Waals surface area contributed by atoms with Crippen LogP contribution in [-0.2, 0) is 10.0 Å². The Labute approximate surface area is 81.2 Å². The van der Waals surface area contributed by atoms with Crippen LogP contribution in [0.4, 0.5) is 5.95 Å². The molecule has 1 aromatic rings. The molecule has 0 atom stereocenters. The Morgan fingerprint density at radius 2 is 2.43 bits per heavy atom. The minimum atomic E-state index is -3.44. The lowest BCUT2D eigenvalue weighted by atomic mass is 10.8. The van der Waals surface area contributed by atoms with E-state index in [4.69, 9.17) is 0 Å². The Balaban J connectivity index is 2.73. The quantitative estimate of drug-likeness (QED) is 0.664. The zero-order valence-electron chi connectivity index (χ0n) is 7.52. The highest BCUT2D eigenvalue weighted by Crippen LogP contribution is 2.06. The number of aromatic amines is 1. The lowest BCUT2D eigenvalue weighted by Crippen LogP contribution is -2.16. The van der Waals surface area contributed by atoms with E-state index in [2.05, 4.69) is 31.2 Å². The fourth-order valence-electron chi connectivity index (χ4n) is 0.727. The number of hydrogen-bond acceptors (Lipinski definition) is 5. The molecule has 0 amide bonds. The van der Waals surface area contributed by atoms with Crippen molar-refractivity contribution in [2.45, 2.75) is 0 Å². The fourth-order valence-corrected chi connectivity index (χ4v) is 1.51. The standard InChI is InChI=1S/C6H10N4O3S/c1-3-4-14(11,12)10-5-7-6(13-2)9-8-5/h3H,1,4H2,2H3,(H2,7,8,9,10). The maximum absolute atomic E-state index is 11.2. The van der Waals surface area contributed by atoms with Crippen molar-refractivity contribution in [1.29, 1.82) is 0 Å². The van der Waals surface area contributed by atoms with Crippen LogP contribution in [0.25, 0.3) is 0 Å². The number of methoxy groups -OCH3 is 1. The number of hydrogen-bond donors (Lipinski definition) is 2. The second-order valence-electron chi connectivity index (χ2n) is 2.34. The van der Waals surface area contributed by atoms with E-state index in [9.17, 15) is 8.42 Å². The van der Waals surface area contributed by atoms with Gasteiger partial charge in [-0.3, -0.25) is 4.72 Å². The molecule has 0 radical (unpaired) electrons. The van der Waals surface area contributed by atoms with Crippen LogP contribution < -0.4 is 9.46 Å². The Bertz CT molecular complexity index is 410. The number of sulfonamides is 1. The van der Waals surface area contributed by atoms with Gasteiger partial charge in [-0.15, -0.1) is 11.7 Å². The first-order valence-corrected chi connectivity index (χ1v) is 5.30. The van der Waals surface area contributed by atoms with Crippen LogP contribution in [0.15, 0.2) is 12.7 Å². The van der Waals surface area contributed by atoms with Gasteiger partial charge >= 0.3 is 6.01 Å². The van der Waals surface area contributed by atoms with Crippen LogP contribution in [0.5, 0.6) is 6.01 Å². The third-order valence-corrected chi connectivity index (χ3v) is 2.42. The van der Waals surface area contributed by atoms with Gasteiger partial charge in [0.05, 0.1) is 12.9 Å². The van der Waals surface area contributed by atoms with Crippen molar-refractivity contribution in [1.82, 2.24) is 15.2 Å². The second-order valence-corrected chi connectivity index (χ2v) is 4.11. The van der Waals surface area contributed by atoms with E-state index < -0.39 is 10.0 Å². The predicted molar refractivity (Wildman–Crippen MR) is 50.5 cm³/mol. The zero-order valence-corrected chi connectivity index (χ0v) is 8.34. The maximum Gasteiger partial charge on any atom is 0.336 e. The number of nitrogens with zero attached hydrogens (tertiary/aromatic N) is 2. The molecular formula is C6H10N4O3S. The van der Waals surface area contributed by atoms with Crippen LogP contribution in [-0.4, -0.2) is 36.5 Å². The summed E-state index contributed by atoms with van der Waals surface area (Å²) >= 11 is 0. The Hall–Kier alpha value is -1.57. The van der Waals surface area contributed by atoms with Crippen molar-refractivity contribution in [3.05, 3.63) is 12.7 Å². The monoisotopic (exact) mass is 218 g/mol. The highest BCUT2D eigenvalue weighted by molar-refractivity contribution is 7.92. The Morgan fingerprint density at radius 3 is 2.93 bits per heavy atom. The van der Waals surface area contributed by atoms with E-state index in [1.807, 2.05) is 0 Å². The van der Waals surface area contributed by atoms with Gasteiger partial charge in [0.1, 0.15) is 0 Å². The van der Waals surface area contributed by atoms with Crippen LogP contribution in [0.2, 0.25) is 0 Å². The van der Waals surface area contributed by atoms with Gasteiger partial charge in [0, 0.05) is 0 Å². The molecular weight excluding hydrogens is 208 g/mol. The van der Waals surface area contributed by atoms with E-state index in [0.29, 0.717) is 0 Å². The summed E-state index contributed by atoms with van der Waals surface area (Å²) in [7, 11) is -2.06. The third kappa shape index (κ3) is 2.73. The highest BCUT2D eigenvalue weighted by Gasteiger charge is 2.11. The van der Waals surface area contributed by atoms with Gasteiger partial charge < -0.3 is 4.74 Å². The predicted octanol–water partition coefficient (Wildman–Crippen LogP) is -0.259. The van der Waals surface area contributed by atoms with Gasteiger partial charge in [0.2, 0.25) is 16.0 Å². The maximum atomic E-state index is 11.2. The van der Waals surface area contributed by atoms with Gasteiger partial charge in [-0.05, 0) is 0 Å². The van der Waals surface area contributed by atoms with Crippen molar-refractivity contribution in [3.8, 4) is 6.01 Å². The smallest absolute Gasteiger partial charge is 0.336 e. The average molecular weight is 218 g/mol. The third-order valence-electron chi connectivity index (χ3n) is 1.24. The average Bonchev–Trinajstić information content (AvgIpc) is 2.51. The molecule has 1 rings (SSSR count). The Morgan fingerprint density at radius 1 is 1.71 bits per heavy atom. The molecule has 78 valence electrons. The largest absolute Gasteiger partial charge is 0.466 e. The van der Waals surface area contributed by atoms with Crippen molar-refractivity contribution < 1.29 is 13.2 Å². The number of anilines is 1. The Kier molecular flexibility index (Phi) is 3.07. The lowest BCUT2D eigenvalue weighted by molar-refractivity contribution is 0.382. The molecule has 1 aromatic heterocycles. The van der Waals surface area contributed by atoms with Crippen LogP contribution in [0.1, 0.15) is 0 Å². The summed E-state index contributed by atoms with van der Waals surface area (Å²) in [6.45, 7) is 3.32. The summed E-state index contributed by atoms with van der Waals surface area (Å²) < 4.78 is 29.2. The van der Waals surface area contributed by atoms with Crippen LogP contribution in [0.3, 0.4) is 0 Å². The number of ether oxygens (including phenoxy) is 1. The molecule has 1 heterocycles. The van der Waals surface area contributed by atoms with Gasteiger partial charge in [0.25, 0.3) is 0 Å². The first-order valence-electron chi connectivity index (χ1n) is 3.65. The zero-order chi connectivity index (χ0) is 10.6. The minimum Gasteiger partial charge on any atom is -0.466 e. The molecule has 0 saturated carbocycles. The number of nitrogens with one attached hydrogen (secondary N) is 2. The molecule has 0 saturated heterocycles. The highest BCUT2D eigenvalue weighted by atomic mass is 32.2. The molecule has 7 nitrogen and oxygen atoms in total. The molecule has 0 aliphatic heterocycles. The van der Waals surface area contributed by atoms with Gasteiger partial charge in [-0.2, -0.15) is 4.98 Å². The molecule has 0 aliphatic carbocycles. The lowest BCUT2D eigenvalue weighted by Gasteiger charge is -1.99. The van der Waals surface area contributed by atoms with E-state index in [1.165, 1.54) is 13.2 Å². The summed E-state index contributed by atoms with van der Waals surface area (Å²) in [5.74, 6) is -0.167. The summed E-state index contributed by atoms with van der Waals surface area (Å²) in [4.78, 5) is 3.68. The van der Waals surface area contributed by atoms with E-state index >= 15 is 0 Å². The summed E-state index contributed by atoms with van der Waals surface area (Å²) in [5, 5.41) is 5.93. The summed E-state index contributed by atoms with van der Waals surface area (Å²) in [6, 6.07) is 0.0707. The fraction of sp³-hybridized carbons (Fsp3) is 0.333. The number of H-pyrrole nitrogens is 1.